The average molecular weight is 500 g/mol. The van der Waals surface area contributed by atoms with Gasteiger partial charge in [0.1, 0.15) is 17.7 Å². The number of aliphatic carboxylic acids is 1. The van der Waals surface area contributed by atoms with E-state index in [1.165, 1.54) is 17.7 Å². The lowest BCUT2D eigenvalue weighted by Crippen LogP contribution is -2.34. The van der Waals surface area contributed by atoms with E-state index in [1.54, 1.807) is 6.07 Å². The van der Waals surface area contributed by atoms with Crippen molar-refractivity contribution in [2.24, 2.45) is 0 Å². The summed E-state index contributed by atoms with van der Waals surface area (Å²) in [6, 6.07) is 7.69. The minimum atomic E-state index is -0.987. The van der Waals surface area contributed by atoms with E-state index in [9.17, 15) is 14.3 Å². The highest BCUT2D eigenvalue weighted by Crippen LogP contribution is 2.30. The lowest BCUT2D eigenvalue weighted by Gasteiger charge is -2.26. The highest BCUT2D eigenvalue weighted by atomic mass is 19.1. The van der Waals surface area contributed by atoms with Gasteiger partial charge in [0.2, 0.25) is 0 Å². The molecule has 0 aliphatic carbocycles. The molecule has 0 radical (unpaired) electrons. The number of rotatable bonds is 12. The van der Waals surface area contributed by atoms with Crippen LogP contribution in [0.15, 0.2) is 30.3 Å². The first-order valence-electron chi connectivity index (χ1n) is 13.1. The summed E-state index contributed by atoms with van der Waals surface area (Å²) < 4.78 is 25.9. The molecule has 196 valence electrons. The molecule has 36 heavy (non-hydrogen) atoms. The number of anilines is 1. The Hall–Kier alpha value is -2.55. The van der Waals surface area contributed by atoms with Crippen molar-refractivity contribution < 1.29 is 23.8 Å². The zero-order valence-electron chi connectivity index (χ0n) is 21.3. The van der Waals surface area contributed by atoms with E-state index in [-0.39, 0.29) is 18.8 Å². The van der Waals surface area contributed by atoms with Gasteiger partial charge in [-0.05, 0) is 87.3 Å². The number of unbranched alkanes of at least 4 members (excludes halogenated alkanes) is 1. The van der Waals surface area contributed by atoms with Gasteiger partial charge in [-0.3, -0.25) is 9.69 Å². The van der Waals surface area contributed by atoms with Crippen LogP contribution in [0.1, 0.15) is 68.0 Å². The molecule has 8 heteroatoms. The van der Waals surface area contributed by atoms with Crippen LogP contribution in [0.5, 0.6) is 0 Å². The number of halogens is 1. The van der Waals surface area contributed by atoms with Gasteiger partial charge in [0.25, 0.3) is 0 Å². The van der Waals surface area contributed by atoms with Gasteiger partial charge in [0.15, 0.2) is 0 Å². The van der Waals surface area contributed by atoms with Crippen molar-refractivity contribution >= 4 is 11.8 Å². The van der Waals surface area contributed by atoms with Crippen LogP contribution in [0.25, 0.3) is 0 Å². The number of hydrogen-bond acceptors (Lipinski definition) is 6. The molecule has 1 fully saturated rings. The maximum absolute atomic E-state index is 14.1. The van der Waals surface area contributed by atoms with Crippen LogP contribution in [0.2, 0.25) is 0 Å². The fourth-order valence-electron chi connectivity index (χ4n) is 4.98. The monoisotopic (exact) mass is 499 g/mol. The number of fused-ring (bicyclic) bond motifs is 1. The van der Waals surface area contributed by atoms with E-state index in [4.69, 9.17) is 14.5 Å². The Bertz CT molecular complexity index is 1030. The van der Waals surface area contributed by atoms with Crippen LogP contribution in [0.3, 0.4) is 0 Å². The molecule has 0 bridgehead atoms. The zero-order chi connectivity index (χ0) is 25.5. The molecule has 1 aromatic heterocycles. The van der Waals surface area contributed by atoms with Gasteiger partial charge in [-0.2, -0.15) is 0 Å². The Morgan fingerprint density at radius 2 is 2.14 bits per heavy atom. The van der Waals surface area contributed by atoms with Gasteiger partial charge in [-0.15, -0.1) is 0 Å². The van der Waals surface area contributed by atoms with Gasteiger partial charge >= 0.3 is 5.97 Å². The number of nitrogens with one attached hydrogen (secondary N) is 1. The normalized spacial score (nSPS) is 18.7. The molecule has 2 aromatic rings. The number of aromatic nitrogens is 1. The van der Waals surface area contributed by atoms with Crippen LogP contribution in [-0.2, 0) is 33.7 Å². The summed E-state index contributed by atoms with van der Waals surface area (Å²) in [5.74, 6) is -0.397. The van der Waals surface area contributed by atoms with E-state index in [0.717, 1.165) is 56.6 Å². The summed E-state index contributed by atoms with van der Waals surface area (Å²) in [4.78, 5) is 18.9. The first-order chi connectivity index (χ1) is 17.4. The fourth-order valence-corrected chi connectivity index (χ4v) is 4.98. The Balaban J connectivity index is 1.27. The number of benzene rings is 1. The summed E-state index contributed by atoms with van der Waals surface area (Å²) in [5.41, 5.74) is 3.56. The predicted molar refractivity (Wildman–Crippen MR) is 137 cm³/mol. The van der Waals surface area contributed by atoms with Crippen molar-refractivity contribution in [1.82, 2.24) is 9.88 Å². The van der Waals surface area contributed by atoms with Gasteiger partial charge in [-0.25, -0.2) is 9.37 Å². The summed E-state index contributed by atoms with van der Waals surface area (Å²) in [5, 5.41) is 13.4. The first-order valence-corrected chi connectivity index (χ1v) is 13.1. The number of carbonyl (C=O) groups is 1. The molecule has 2 atom stereocenters. The van der Waals surface area contributed by atoms with Crippen molar-refractivity contribution in [2.45, 2.75) is 77.2 Å². The quantitative estimate of drug-likeness (QED) is 0.408. The minimum Gasteiger partial charge on any atom is -0.480 e. The van der Waals surface area contributed by atoms with Crippen molar-refractivity contribution in [2.75, 3.05) is 31.6 Å². The molecule has 0 saturated carbocycles. The van der Waals surface area contributed by atoms with Gasteiger partial charge in [-0.1, -0.05) is 12.1 Å². The Morgan fingerprint density at radius 1 is 1.28 bits per heavy atom. The second kappa shape index (κ2) is 12.6. The molecule has 0 spiro atoms. The Labute approximate surface area is 213 Å². The minimum absolute atomic E-state index is 0.00422. The standard InChI is InChI=1S/C28H38FN3O4/c1-19(2)36-18-21-8-10-22(29)16-25(21)26(28(33)34)32-14-12-24(17-32)35-15-4-3-7-23-11-9-20-6-5-13-30-27(20)31-23/h8-11,16,19,24,26H,3-7,12-15,17-18H2,1-2H3,(H,30,31)(H,33,34)/t24-,26+/m1/s1. The van der Waals surface area contributed by atoms with Crippen LogP contribution in [-0.4, -0.2) is 59.4 Å². The molecule has 1 aromatic carbocycles. The molecule has 3 heterocycles. The SMILES string of the molecule is CC(C)OCc1ccc(F)cc1[C@@H](C(=O)O)N1CC[C@@H](OCCCCc2ccc3c(n2)NCCC3)C1. The molecule has 0 unspecified atom stereocenters. The number of pyridine rings is 1. The third kappa shape index (κ3) is 7.02. The van der Waals surface area contributed by atoms with Crippen LogP contribution >= 0.6 is 0 Å². The molecule has 7 nitrogen and oxygen atoms in total. The fraction of sp³-hybridized carbons (Fsp3) is 0.571. The summed E-state index contributed by atoms with van der Waals surface area (Å²) in [7, 11) is 0. The molecule has 2 aliphatic rings. The number of nitrogens with zero attached hydrogens (tertiary/aromatic N) is 2. The molecule has 2 N–H and O–H groups in total. The molecule has 2 aliphatic heterocycles. The van der Waals surface area contributed by atoms with E-state index < -0.39 is 17.8 Å². The van der Waals surface area contributed by atoms with Crippen LogP contribution in [0.4, 0.5) is 10.2 Å². The van der Waals surface area contributed by atoms with Gasteiger partial charge < -0.3 is 19.9 Å². The van der Waals surface area contributed by atoms with Crippen molar-refractivity contribution in [3.05, 3.63) is 58.5 Å². The van der Waals surface area contributed by atoms with E-state index >= 15 is 0 Å². The number of carboxylic acids is 1. The highest BCUT2D eigenvalue weighted by molar-refractivity contribution is 5.76. The maximum Gasteiger partial charge on any atom is 0.325 e. The molecule has 4 rings (SSSR count). The Morgan fingerprint density at radius 3 is 2.94 bits per heavy atom. The third-order valence-electron chi connectivity index (χ3n) is 6.88. The average Bonchev–Trinajstić information content (AvgIpc) is 3.31. The second-order valence-electron chi connectivity index (χ2n) is 10.0. The van der Waals surface area contributed by atoms with Crippen LogP contribution in [0, 0.1) is 5.82 Å². The number of ether oxygens (including phenoxy) is 2. The van der Waals surface area contributed by atoms with E-state index in [0.29, 0.717) is 30.8 Å². The van der Waals surface area contributed by atoms with E-state index in [1.807, 2.05) is 18.7 Å². The lowest BCUT2D eigenvalue weighted by atomic mass is 9.99. The van der Waals surface area contributed by atoms with Crippen molar-refractivity contribution in [1.29, 1.82) is 0 Å². The third-order valence-corrected chi connectivity index (χ3v) is 6.88. The molecule has 1 saturated heterocycles. The Kier molecular flexibility index (Phi) is 9.29. The number of likely N-dealkylation sites (tertiary alicyclic amines) is 1. The largest absolute Gasteiger partial charge is 0.480 e. The second-order valence-corrected chi connectivity index (χ2v) is 10.0. The number of carboxylic acid groups (broad SMARTS) is 1. The molecular formula is C28H38FN3O4. The highest BCUT2D eigenvalue weighted by Gasteiger charge is 2.35. The molecular weight excluding hydrogens is 461 g/mol. The zero-order valence-corrected chi connectivity index (χ0v) is 21.3. The van der Waals surface area contributed by atoms with Crippen molar-refractivity contribution in [3.63, 3.8) is 0 Å². The molecule has 0 amide bonds. The van der Waals surface area contributed by atoms with Crippen LogP contribution < -0.4 is 5.32 Å². The summed E-state index contributed by atoms with van der Waals surface area (Å²) >= 11 is 0. The maximum atomic E-state index is 14.1. The van der Waals surface area contributed by atoms with Crippen molar-refractivity contribution in [3.8, 4) is 0 Å². The summed E-state index contributed by atoms with van der Waals surface area (Å²) in [6.45, 7) is 6.81. The first kappa shape index (κ1) is 26.5. The summed E-state index contributed by atoms with van der Waals surface area (Å²) in [6.07, 6.45) is 5.81. The smallest absolute Gasteiger partial charge is 0.325 e. The van der Waals surface area contributed by atoms with Gasteiger partial charge in [0, 0.05) is 31.9 Å². The van der Waals surface area contributed by atoms with Gasteiger partial charge in [0.05, 0.1) is 18.8 Å². The number of aryl methyl sites for hydroxylation is 2. The lowest BCUT2D eigenvalue weighted by molar-refractivity contribution is -0.143. The topological polar surface area (TPSA) is 83.9 Å². The number of hydrogen-bond donors (Lipinski definition) is 2. The van der Waals surface area contributed by atoms with E-state index in [2.05, 4.69) is 17.4 Å². The predicted octanol–water partition coefficient (Wildman–Crippen LogP) is 4.74.